The first kappa shape index (κ1) is 8.98. The van der Waals surface area contributed by atoms with E-state index in [1.807, 2.05) is 24.3 Å². The van der Waals surface area contributed by atoms with Gasteiger partial charge in [0.25, 0.3) is 0 Å². The second-order valence-electron chi connectivity index (χ2n) is 3.28. The van der Waals surface area contributed by atoms with Crippen LogP contribution in [0.3, 0.4) is 0 Å². The van der Waals surface area contributed by atoms with Gasteiger partial charge in [-0.05, 0) is 11.5 Å². The van der Waals surface area contributed by atoms with Crippen molar-refractivity contribution in [3.05, 3.63) is 36.0 Å². The molecule has 0 aromatic rings. The van der Waals surface area contributed by atoms with Crippen molar-refractivity contribution in [1.29, 1.82) is 0 Å². The zero-order valence-electron chi connectivity index (χ0n) is 7.53. The average Bonchev–Trinajstić information content (AvgIpc) is 2.28. The molecule has 1 unspecified atom stereocenters. The van der Waals surface area contributed by atoms with Crippen molar-refractivity contribution in [2.24, 2.45) is 11.8 Å². The Morgan fingerprint density at radius 2 is 2.17 bits per heavy atom. The molecule has 0 spiro atoms. The van der Waals surface area contributed by atoms with Gasteiger partial charge < -0.3 is 4.79 Å². The average molecular weight is 162 g/mol. The van der Waals surface area contributed by atoms with E-state index in [0.717, 1.165) is 6.29 Å². The highest BCUT2D eigenvalue weighted by Gasteiger charge is 2.03. The van der Waals surface area contributed by atoms with Crippen molar-refractivity contribution in [3.63, 3.8) is 0 Å². The summed E-state index contributed by atoms with van der Waals surface area (Å²) in [5.74, 6) is 0.480. The molecule has 1 aliphatic rings. The third kappa shape index (κ3) is 2.19. The Balaban J connectivity index is 2.78. The van der Waals surface area contributed by atoms with Gasteiger partial charge in [-0.1, -0.05) is 44.2 Å². The zero-order valence-corrected chi connectivity index (χ0v) is 7.53. The summed E-state index contributed by atoms with van der Waals surface area (Å²) in [5, 5.41) is 0. The molecule has 1 heteroatoms. The number of rotatable bonds is 2. The first-order valence-corrected chi connectivity index (χ1v) is 4.26. The van der Waals surface area contributed by atoms with Gasteiger partial charge >= 0.3 is 0 Å². The van der Waals surface area contributed by atoms with E-state index < -0.39 is 0 Å². The fraction of sp³-hybridized carbons (Fsp3) is 0.364. The molecule has 0 fully saturated rings. The second kappa shape index (κ2) is 4.05. The predicted octanol–water partition coefficient (Wildman–Crippen LogP) is 2.51. The molecule has 0 heterocycles. The molecular weight excluding hydrogens is 148 g/mol. The minimum absolute atomic E-state index is 0.0440. The second-order valence-corrected chi connectivity index (χ2v) is 3.28. The highest BCUT2D eigenvalue weighted by molar-refractivity contribution is 5.60. The maximum Gasteiger partial charge on any atom is 0.130 e. The summed E-state index contributed by atoms with van der Waals surface area (Å²) < 4.78 is 0. The normalized spacial score (nSPS) is 22.2. The summed E-state index contributed by atoms with van der Waals surface area (Å²) in [6.45, 7) is 4.29. The Morgan fingerprint density at radius 1 is 1.42 bits per heavy atom. The van der Waals surface area contributed by atoms with Gasteiger partial charge in [0.05, 0.1) is 5.92 Å². The van der Waals surface area contributed by atoms with E-state index in [-0.39, 0.29) is 5.92 Å². The molecule has 0 aliphatic heterocycles. The SMILES string of the molecule is CC(C)C1=CC=CC(C=O)C=C1. The van der Waals surface area contributed by atoms with E-state index in [1.165, 1.54) is 5.57 Å². The Kier molecular flexibility index (Phi) is 3.03. The van der Waals surface area contributed by atoms with E-state index in [1.54, 1.807) is 0 Å². The van der Waals surface area contributed by atoms with Crippen molar-refractivity contribution < 1.29 is 4.79 Å². The molecular formula is C11H14O. The van der Waals surface area contributed by atoms with Crippen LogP contribution in [0.4, 0.5) is 0 Å². The van der Waals surface area contributed by atoms with Crippen molar-refractivity contribution in [3.8, 4) is 0 Å². The van der Waals surface area contributed by atoms with Crippen LogP contribution in [0, 0.1) is 11.8 Å². The third-order valence-electron chi connectivity index (χ3n) is 1.96. The van der Waals surface area contributed by atoms with Crippen LogP contribution >= 0.6 is 0 Å². The molecule has 0 amide bonds. The van der Waals surface area contributed by atoms with Gasteiger partial charge in [0.15, 0.2) is 0 Å². The maximum atomic E-state index is 10.5. The number of aldehydes is 1. The van der Waals surface area contributed by atoms with Crippen LogP contribution in [0.2, 0.25) is 0 Å². The standard InChI is InChI=1S/C11H14O/c1-9(2)11-5-3-4-10(8-12)6-7-11/h3-10H,1-2H3. The minimum Gasteiger partial charge on any atom is -0.302 e. The summed E-state index contributed by atoms with van der Waals surface area (Å²) in [6, 6.07) is 0. The summed E-state index contributed by atoms with van der Waals surface area (Å²) >= 11 is 0. The van der Waals surface area contributed by atoms with Crippen molar-refractivity contribution in [1.82, 2.24) is 0 Å². The Morgan fingerprint density at radius 3 is 2.75 bits per heavy atom. The maximum absolute atomic E-state index is 10.5. The lowest BCUT2D eigenvalue weighted by Gasteiger charge is -2.03. The van der Waals surface area contributed by atoms with Crippen LogP contribution in [0.25, 0.3) is 0 Å². The quantitative estimate of drug-likeness (QED) is 0.570. The molecule has 0 aromatic heterocycles. The number of allylic oxidation sites excluding steroid dienone is 6. The van der Waals surface area contributed by atoms with E-state index in [9.17, 15) is 4.79 Å². The van der Waals surface area contributed by atoms with Gasteiger partial charge in [-0.15, -0.1) is 0 Å². The van der Waals surface area contributed by atoms with E-state index in [2.05, 4.69) is 19.9 Å². The van der Waals surface area contributed by atoms with Crippen molar-refractivity contribution >= 4 is 6.29 Å². The zero-order chi connectivity index (χ0) is 8.97. The number of carbonyl (C=O) groups is 1. The van der Waals surface area contributed by atoms with Gasteiger partial charge in [0, 0.05) is 0 Å². The van der Waals surface area contributed by atoms with Crippen molar-refractivity contribution in [2.45, 2.75) is 13.8 Å². The molecule has 12 heavy (non-hydrogen) atoms. The fourth-order valence-electron chi connectivity index (χ4n) is 1.11. The van der Waals surface area contributed by atoms with Gasteiger partial charge in [0.2, 0.25) is 0 Å². The molecule has 1 rings (SSSR count). The highest BCUT2D eigenvalue weighted by atomic mass is 16.1. The molecule has 1 nitrogen and oxygen atoms in total. The lowest BCUT2D eigenvalue weighted by Crippen LogP contribution is -1.92. The largest absolute Gasteiger partial charge is 0.302 e. The fourth-order valence-corrected chi connectivity index (χ4v) is 1.11. The molecule has 1 aliphatic carbocycles. The van der Waals surface area contributed by atoms with Gasteiger partial charge in [-0.3, -0.25) is 0 Å². The van der Waals surface area contributed by atoms with E-state index in [0.29, 0.717) is 5.92 Å². The number of hydrogen-bond donors (Lipinski definition) is 0. The molecule has 0 radical (unpaired) electrons. The lowest BCUT2D eigenvalue weighted by atomic mass is 10.0. The topological polar surface area (TPSA) is 17.1 Å². The molecule has 0 aromatic carbocycles. The summed E-state index contributed by atoms with van der Waals surface area (Å²) in [4.78, 5) is 10.5. The van der Waals surface area contributed by atoms with Crippen molar-refractivity contribution in [2.75, 3.05) is 0 Å². The monoisotopic (exact) mass is 162 g/mol. The van der Waals surface area contributed by atoms with Gasteiger partial charge in [-0.25, -0.2) is 0 Å². The third-order valence-corrected chi connectivity index (χ3v) is 1.96. The summed E-state index contributed by atoms with van der Waals surface area (Å²) in [5.41, 5.74) is 1.27. The van der Waals surface area contributed by atoms with Gasteiger partial charge in [0.1, 0.15) is 6.29 Å². The summed E-state index contributed by atoms with van der Waals surface area (Å²) in [7, 11) is 0. The lowest BCUT2D eigenvalue weighted by molar-refractivity contribution is -0.108. The van der Waals surface area contributed by atoms with Gasteiger partial charge in [-0.2, -0.15) is 0 Å². The molecule has 0 bridgehead atoms. The van der Waals surface area contributed by atoms with E-state index in [4.69, 9.17) is 0 Å². The van der Waals surface area contributed by atoms with Crippen LogP contribution in [0.1, 0.15) is 13.8 Å². The molecule has 64 valence electrons. The number of carbonyl (C=O) groups excluding carboxylic acids is 1. The first-order valence-electron chi connectivity index (χ1n) is 4.26. The van der Waals surface area contributed by atoms with Crippen LogP contribution in [-0.2, 0) is 4.79 Å². The Bertz CT molecular complexity index is 244. The highest BCUT2D eigenvalue weighted by Crippen LogP contribution is 2.15. The number of hydrogen-bond acceptors (Lipinski definition) is 1. The Hall–Kier alpha value is -1.11. The predicted molar refractivity (Wildman–Crippen MR) is 50.8 cm³/mol. The Labute approximate surface area is 73.5 Å². The van der Waals surface area contributed by atoms with Crippen LogP contribution < -0.4 is 0 Å². The van der Waals surface area contributed by atoms with Crippen LogP contribution in [0.15, 0.2) is 36.0 Å². The molecule has 1 atom stereocenters. The van der Waals surface area contributed by atoms with E-state index >= 15 is 0 Å². The molecule has 0 saturated carbocycles. The smallest absolute Gasteiger partial charge is 0.130 e. The molecule has 0 N–H and O–H groups in total. The van der Waals surface area contributed by atoms with Crippen LogP contribution in [-0.4, -0.2) is 6.29 Å². The first-order chi connectivity index (χ1) is 5.74. The molecule has 0 saturated heterocycles. The van der Waals surface area contributed by atoms with Crippen LogP contribution in [0.5, 0.6) is 0 Å². The minimum atomic E-state index is -0.0440. The summed E-state index contributed by atoms with van der Waals surface area (Å²) in [6.07, 6.45) is 10.8.